The Labute approximate surface area is 213 Å². The van der Waals surface area contributed by atoms with Crippen molar-refractivity contribution in [2.24, 2.45) is 23.7 Å². The third-order valence-corrected chi connectivity index (χ3v) is 6.99. The molecule has 37 heavy (non-hydrogen) atoms. The van der Waals surface area contributed by atoms with Gasteiger partial charge in [-0.2, -0.15) is 0 Å². The normalized spacial score (nSPS) is 23.2. The molecule has 9 heteroatoms. The summed E-state index contributed by atoms with van der Waals surface area (Å²) in [7, 11) is 0. The molecular weight excluding hydrogens is 476 g/mol. The first-order valence-corrected chi connectivity index (χ1v) is 12.3. The number of hydrogen-bond acceptors (Lipinski definition) is 7. The van der Waals surface area contributed by atoms with Crippen LogP contribution >= 0.6 is 0 Å². The van der Waals surface area contributed by atoms with Gasteiger partial charge in [0.1, 0.15) is 0 Å². The van der Waals surface area contributed by atoms with Gasteiger partial charge in [-0.15, -0.1) is 0 Å². The lowest BCUT2D eigenvalue weighted by Crippen LogP contribution is -2.33. The third kappa shape index (κ3) is 4.64. The predicted molar refractivity (Wildman–Crippen MR) is 133 cm³/mol. The molecule has 4 atom stereocenters. The first-order valence-electron chi connectivity index (χ1n) is 12.3. The summed E-state index contributed by atoms with van der Waals surface area (Å²) in [6, 6.07) is 12.3. The average molecular weight is 503 g/mol. The molecule has 2 fully saturated rings. The molecule has 1 saturated carbocycles. The Bertz CT molecular complexity index is 1270. The highest BCUT2D eigenvalue weighted by Crippen LogP contribution is 2.53. The van der Waals surface area contributed by atoms with Crippen LogP contribution in [0.3, 0.4) is 0 Å². The number of esters is 2. The molecule has 5 rings (SSSR count). The molecule has 3 amide bonds. The lowest BCUT2D eigenvalue weighted by atomic mass is 9.85. The number of benzene rings is 2. The van der Waals surface area contributed by atoms with Gasteiger partial charge in [0, 0.05) is 5.69 Å². The van der Waals surface area contributed by atoms with Crippen LogP contribution in [0.2, 0.25) is 0 Å². The smallest absolute Gasteiger partial charge is 0.338 e. The van der Waals surface area contributed by atoms with Crippen LogP contribution in [0.5, 0.6) is 0 Å². The van der Waals surface area contributed by atoms with Gasteiger partial charge in [0.15, 0.2) is 6.61 Å². The summed E-state index contributed by atoms with van der Waals surface area (Å²) in [6.45, 7) is 1.69. The highest BCUT2D eigenvalue weighted by Gasteiger charge is 2.59. The number of nitrogens with one attached hydrogen (secondary N) is 1. The van der Waals surface area contributed by atoms with Crippen molar-refractivity contribution < 1.29 is 33.4 Å². The lowest BCUT2D eigenvalue weighted by Gasteiger charge is -2.18. The fraction of sp³-hybridized carbons (Fsp3) is 0.321. The molecule has 1 N–H and O–H groups in total. The van der Waals surface area contributed by atoms with Gasteiger partial charge in [0.25, 0.3) is 5.91 Å². The molecular formula is C28H26N2O7. The third-order valence-electron chi connectivity index (χ3n) is 6.99. The Kier molecular flexibility index (Phi) is 6.60. The van der Waals surface area contributed by atoms with Gasteiger partial charge < -0.3 is 14.8 Å². The minimum atomic E-state index is -0.757. The molecule has 0 spiro atoms. The van der Waals surface area contributed by atoms with Crippen molar-refractivity contribution in [1.29, 1.82) is 0 Å². The van der Waals surface area contributed by atoms with E-state index < -0.39 is 24.5 Å². The molecule has 9 nitrogen and oxygen atoms in total. The first kappa shape index (κ1) is 24.4. The molecule has 1 aliphatic heterocycles. The van der Waals surface area contributed by atoms with Crippen LogP contribution in [0.1, 0.15) is 40.5 Å². The number of fused-ring (bicyclic) bond motifs is 5. The second-order valence-electron chi connectivity index (χ2n) is 9.40. The predicted octanol–water partition coefficient (Wildman–Crippen LogP) is 3.36. The number of carbonyl (C=O) groups is 5. The van der Waals surface area contributed by atoms with Gasteiger partial charge >= 0.3 is 11.9 Å². The van der Waals surface area contributed by atoms with Gasteiger partial charge in [0.05, 0.1) is 35.3 Å². The maximum atomic E-state index is 13.0. The molecule has 0 aromatic heterocycles. The summed E-state index contributed by atoms with van der Waals surface area (Å²) in [4.78, 5) is 64.0. The molecule has 190 valence electrons. The second kappa shape index (κ2) is 10.0. The van der Waals surface area contributed by atoms with Gasteiger partial charge in [-0.3, -0.25) is 14.4 Å². The van der Waals surface area contributed by atoms with Crippen molar-refractivity contribution in [3.63, 3.8) is 0 Å². The molecule has 1 saturated heterocycles. The number of carbonyl (C=O) groups excluding carboxylic acids is 5. The molecule has 2 aliphatic carbocycles. The zero-order valence-corrected chi connectivity index (χ0v) is 20.2. The van der Waals surface area contributed by atoms with Crippen molar-refractivity contribution in [3.8, 4) is 0 Å². The van der Waals surface area contributed by atoms with E-state index >= 15 is 0 Å². The van der Waals surface area contributed by atoms with Crippen molar-refractivity contribution in [2.75, 3.05) is 23.4 Å². The van der Waals surface area contributed by atoms with Crippen LogP contribution in [0.25, 0.3) is 0 Å². The average Bonchev–Trinajstić information content (AvgIpc) is 3.59. The number of imide groups is 1. The molecule has 0 radical (unpaired) electrons. The molecule has 3 aliphatic rings. The molecule has 1 heterocycles. The van der Waals surface area contributed by atoms with Crippen LogP contribution in [0.15, 0.2) is 60.7 Å². The van der Waals surface area contributed by atoms with Crippen LogP contribution in [-0.4, -0.2) is 42.9 Å². The van der Waals surface area contributed by atoms with Crippen molar-refractivity contribution in [1.82, 2.24) is 0 Å². The summed E-state index contributed by atoms with van der Waals surface area (Å²) in [5.74, 6) is -2.72. The monoisotopic (exact) mass is 502 g/mol. The van der Waals surface area contributed by atoms with E-state index in [1.54, 1.807) is 24.3 Å². The highest BCUT2D eigenvalue weighted by molar-refractivity contribution is 6.23. The molecule has 2 aromatic carbocycles. The van der Waals surface area contributed by atoms with Crippen LogP contribution in [-0.2, 0) is 23.9 Å². The van der Waals surface area contributed by atoms with Crippen LogP contribution in [0.4, 0.5) is 11.4 Å². The fourth-order valence-corrected chi connectivity index (χ4v) is 5.31. The molecule has 0 unspecified atom stereocenters. The van der Waals surface area contributed by atoms with Gasteiger partial charge in [-0.1, -0.05) is 25.1 Å². The van der Waals surface area contributed by atoms with Crippen molar-refractivity contribution >= 4 is 41.0 Å². The van der Waals surface area contributed by atoms with E-state index in [1.807, 2.05) is 19.1 Å². The minimum absolute atomic E-state index is 0.0918. The van der Waals surface area contributed by atoms with E-state index in [1.165, 1.54) is 29.2 Å². The van der Waals surface area contributed by atoms with E-state index in [0.29, 0.717) is 23.5 Å². The summed E-state index contributed by atoms with van der Waals surface area (Å²) < 4.78 is 10.2. The second-order valence-corrected chi connectivity index (χ2v) is 9.40. The number of hydrogen-bond donors (Lipinski definition) is 1. The number of nitrogens with zero attached hydrogens (tertiary/aromatic N) is 1. The van der Waals surface area contributed by atoms with E-state index in [2.05, 4.69) is 5.32 Å². The fourth-order valence-electron chi connectivity index (χ4n) is 5.31. The number of rotatable bonds is 8. The summed E-state index contributed by atoms with van der Waals surface area (Å²) >= 11 is 0. The van der Waals surface area contributed by atoms with E-state index in [9.17, 15) is 24.0 Å². The zero-order chi connectivity index (χ0) is 26.1. The standard InChI is InChI=1S/C28H26N2O7/c1-2-12-36-27(34)16-8-10-20(11-9-16)29-22(31)15-37-28(35)19-4-3-5-21(14-19)30-25(32)23-17-6-7-18(13-17)24(23)26(30)33/h3-11,14,17-18,23-24H,2,12-13,15H2,1H3,(H,29,31)/t17-,18-,23+,24+/m0/s1. The van der Waals surface area contributed by atoms with E-state index in [4.69, 9.17) is 9.47 Å². The van der Waals surface area contributed by atoms with Gasteiger partial charge in [-0.25, -0.2) is 14.5 Å². The van der Waals surface area contributed by atoms with Crippen molar-refractivity contribution in [3.05, 3.63) is 71.8 Å². The Morgan fingerprint density at radius 3 is 2.19 bits per heavy atom. The Morgan fingerprint density at radius 2 is 1.54 bits per heavy atom. The number of allylic oxidation sites excluding steroid dienone is 2. The Balaban J connectivity index is 1.17. The SMILES string of the molecule is CCCOC(=O)c1ccc(NC(=O)COC(=O)c2cccc(N3C(=O)[C@H]4[C@H](C3=O)[C@H]3C=C[C@H]4C3)c2)cc1. The van der Waals surface area contributed by atoms with Gasteiger partial charge in [-0.05, 0) is 67.1 Å². The van der Waals surface area contributed by atoms with E-state index in [-0.39, 0.29) is 41.0 Å². The maximum Gasteiger partial charge on any atom is 0.338 e. The maximum absolute atomic E-state index is 13.0. The quantitative estimate of drug-likeness (QED) is 0.334. The van der Waals surface area contributed by atoms with Crippen LogP contribution < -0.4 is 10.2 Å². The number of anilines is 2. The minimum Gasteiger partial charge on any atom is -0.462 e. The number of amides is 3. The lowest BCUT2D eigenvalue weighted by molar-refractivity contribution is -0.123. The molecule has 2 aromatic rings. The summed E-state index contributed by atoms with van der Waals surface area (Å²) in [6.07, 6.45) is 5.60. The summed E-state index contributed by atoms with van der Waals surface area (Å²) in [5.41, 5.74) is 1.23. The van der Waals surface area contributed by atoms with Crippen molar-refractivity contribution in [2.45, 2.75) is 19.8 Å². The topological polar surface area (TPSA) is 119 Å². The highest BCUT2D eigenvalue weighted by atomic mass is 16.5. The zero-order valence-electron chi connectivity index (χ0n) is 20.2. The Morgan fingerprint density at radius 1 is 0.892 bits per heavy atom. The first-order chi connectivity index (χ1) is 17.9. The molecule has 2 bridgehead atoms. The van der Waals surface area contributed by atoms with Crippen LogP contribution in [0, 0.1) is 23.7 Å². The van der Waals surface area contributed by atoms with E-state index in [0.717, 1.165) is 12.8 Å². The number of ether oxygens (including phenoxy) is 2. The largest absolute Gasteiger partial charge is 0.462 e. The van der Waals surface area contributed by atoms with Gasteiger partial charge in [0.2, 0.25) is 11.8 Å². The summed E-state index contributed by atoms with van der Waals surface area (Å²) in [5, 5.41) is 2.59. The Hall–Kier alpha value is -4.27.